The van der Waals surface area contributed by atoms with Gasteiger partial charge >= 0.3 is 6.09 Å². The van der Waals surface area contributed by atoms with Gasteiger partial charge in [0.05, 0.1) is 27.6 Å². The number of hydrogen-bond acceptors (Lipinski definition) is 7. The van der Waals surface area contributed by atoms with E-state index >= 15 is 0 Å². The average molecular weight is 605 g/mol. The van der Waals surface area contributed by atoms with E-state index in [0.717, 1.165) is 0 Å². The van der Waals surface area contributed by atoms with E-state index in [1.165, 1.54) is 30.2 Å². The minimum atomic E-state index is -4.28. The lowest BCUT2D eigenvalue weighted by Crippen LogP contribution is -2.50. The van der Waals surface area contributed by atoms with Crippen LogP contribution in [0.2, 0.25) is 10.0 Å². The maximum absolute atomic E-state index is 14.4. The highest BCUT2D eigenvalue weighted by Gasteiger charge is 2.52. The molecular weight excluding hydrogens is 577 g/mol. The molecule has 2 aliphatic heterocycles. The van der Waals surface area contributed by atoms with E-state index in [0.29, 0.717) is 55.0 Å². The van der Waals surface area contributed by atoms with Crippen LogP contribution < -0.4 is 15.5 Å². The molecule has 9 nitrogen and oxygen atoms in total. The number of ether oxygens (including phenoxy) is 2. The zero-order chi connectivity index (χ0) is 28.7. The first-order chi connectivity index (χ1) is 19.2. The number of benzene rings is 3. The lowest BCUT2D eigenvalue weighted by molar-refractivity contribution is -0.120. The Bertz CT molecular complexity index is 1610. The minimum Gasteiger partial charge on any atom is -0.452 e. The summed E-state index contributed by atoms with van der Waals surface area (Å²) in [5, 5.41) is 6.38. The first-order valence-corrected chi connectivity index (χ1v) is 14.8. The van der Waals surface area contributed by atoms with Crippen LogP contribution in [0.15, 0.2) is 64.4 Å². The summed E-state index contributed by atoms with van der Waals surface area (Å²) in [5.74, 6) is -0.477. The van der Waals surface area contributed by atoms with Gasteiger partial charge in [-0.2, -0.15) is 0 Å². The number of nitrogens with zero attached hydrogens (tertiary/aromatic N) is 1. The van der Waals surface area contributed by atoms with Crippen LogP contribution in [0.4, 0.5) is 16.2 Å². The van der Waals surface area contributed by atoms with Crippen molar-refractivity contribution in [1.29, 1.82) is 0 Å². The molecule has 2 heterocycles. The summed E-state index contributed by atoms with van der Waals surface area (Å²) < 4.78 is 38.7. The average Bonchev–Trinajstić information content (AvgIpc) is 3.49. The molecule has 1 atom stereocenters. The van der Waals surface area contributed by atoms with Crippen LogP contribution in [0.3, 0.4) is 0 Å². The Morgan fingerprint density at radius 3 is 2.60 bits per heavy atom. The molecule has 2 amide bonds. The van der Waals surface area contributed by atoms with Crippen LogP contribution in [0.25, 0.3) is 0 Å². The Balaban J connectivity index is 1.70. The summed E-state index contributed by atoms with van der Waals surface area (Å²) in [4.78, 5) is 27.2. The molecule has 3 aromatic carbocycles. The number of carbonyl (C=O) groups is 2. The monoisotopic (exact) mass is 603 g/mol. The van der Waals surface area contributed by atoms with Gasteiger partial charge in [0.25, 0.3) is 5.91 Å². The second-order valence-corrected chi connectivity index (χ2v) is 12.1. The van der Waals surface area contributed by atoms with Crippen LogP contribution in [0, 0.1) is 0 Å². The Hall–Kier alpha value is -3.15. The van der Waals surface area contributed by atoms with Crippen LogP contribution in [0.1, 0.15) is 23.1 Å². The van der Waals surface area contributed by atoms with Crippen LogP contribution in [-0.4, -0.2) is 54.3 Å². The number of nitrogens with one attached hydrogen (secondary N) is 2. The third-order valence-corrected chi connectivity index (χ3v) is 9.78. The van der Waals surface area contributed by atoms with E-state index in [9.17, 15) is 18.0 Å². The zero-order valence-corrected chi connectivity index (χ0v) is 24.1. The van der Waals surface area contributed by atoms with Crippen LogP contribution >= 0.6 is 23.2 Å². The fourth-order valence-corrected chi connectivity index (χ4v) is 7.74. The summed E-state index contributed by atoms with van der Waals surface area (Å²) in [5.41, 5.74) is 0.494. The number of amides is 2. The second kappa shape index (κ2) is 11.0. The van der Waals surface area contributed by atoms with Crippen molar-refractivity contribution in [2.45, 2.75) is 28.2 Å². The minimum absolute atomic E-state index is 0.0138. The van der Waals surface area contributed by atoms with Gasteiger partial charge in [0.15, 0.2) is 5.54 Å². The first kappa shape index (κ1) is 28.4. The number of anilines is 2. The third-order valence-electron chi connectivity index (χ3n) is 7.19. The fraction of sp³-hybridized carbons (Fsp3) is 0.286. The molecule has 3 aromatic rings. The molecule has 2 aliphatic rings. The second-order valence-electron chi connectivity index (χ2n) is 9.42. The van der Waals surface area contributed by atoms with Gasteiger partial charge in [0.1, 0.15) is 0 Å². The van der Waals surface area contributed by atoms with Gasteiger partial charge in [0.2, 0.25) is 9.84 Å². The van der Waals surface area contributed by atoms with Crippen molar-refractivity contribution >= 4 is 56.4 Å². The molecule has 0 bridgehead atoms. The summed E-state index contributed by atoms with van der Waals surface area (Å²) in [6, 6.07) is 14.4. The molecule has 0 aliphatic carbocycles. The molecular formula is C28H27Cl2N3O6S. The van der Waals surface area contributed by atoms with Crippen molar-refractivity contribution in [3.05, 3.63) is 81.3 Å². The van der Waals surface area contributed by atoms with E-state index in [2.05, 4.69) is 10.6 Å². The van der Waals surface area contributed by atoms with Gasteiger partial charge in [-0.3, -0.25) is 15.0 Å². The number of fused-ring (bicyclic) bond motifs is 2. The Morgan fingerprint density at radius 2 is 1.88 bits per heavy atom. The summed E-state index contributed by atoms with van der Waals surface area (Å²) >= 11 is 13.3. The molecule has 40 heavy (non-hydrogen) atoms. The van der Waals surface area contributed by atoms with Crippen molar-refractivity contribution in [1.82, 2.24) is 5.32 Å². The van der Waals surface area contributed by atoms with Crippen molar-refractivity contribution in [2.24, 2.45) is 0 Å². The third kappa shape index (κ3) is 4.53. The highest BCUT2D eigenvalue weighted by atomic mass is 35.5. The SMILES string of the molecule is COCCCNC1(c2ccccc2Cl)C(=O)Nc2ccc(Cl)c(S(=O)(=O)c3ccc4c(c3)CCN4C(=O)OC)c21. The normalized spacial score (nSPS) is 17.9. The lowest BCUT2D eigenvalue weighted by Gasteiger charge is -2.32. The van der Waals surface area contributed by atoms with E-state index in [-0.39, 0.29) is 25.4 Å². The van der Waals surface area contributed by atoms with Gasteiger partial charge in [-0.05, 0) is 61.3 Å². The Morgan fingerprint density at radius 1 is 1.10 bits per heavy atom. The van der Waals surface area contributed by atoms with Gasteiger partial charge in [-0.25, -0.2) is 13.2 Å². The van der Waals surface area contributed by atoms with Gasteiger partial charge < -0.3 is 14.8 Å². The topological polar surface area (TPSA) is 114 Å². The number of halogens is 2. The summed E-state index contributed by atoms with van der Waals surface area (Å²) in [7, 11) is -1.41. The van der Waals surface area contributed by atoms with E-state index in [1.807, 2.05) is 0 Å². The van der Waals surface area contributed by atoms with Gasteiger partial charge in [-0.1, -0.05) is 41.4 Å². The molecule has 0 spiro atoms. The predicted octanol–water partition coefficient (Wildman–Crippen LogP) is 4.78. The van der Waals surface area contributed by atoms with E-state index in [1.54, 1.807) is 43.5 Å². The first-order valence-electron chi connectivity index (χ1n) is 12.5. The summed E-state index contributed by atoms with van der Waals surface area (Å²) in [6.07, 6.45) is 0.487. The fourth-order valence-electron chi connectivity index (χ4n) is 5.37. The number of methoxy groups -OCH3 is 2. The van der Waals surface area contributed by atoms with Gasteiger partial charge in [0, 0.05) is 42.1 Å². The van der Waals surface area contributed by atoms with Crippen molar-refractivity contribution in [3.8, 4) is 0 Å². The molecule has 0 aromatic heterocycles. The van der Waals surface area contributed by atoms with Crippen molar-refractivity contribution in [2.75, 3.05) is 44.1 Å². The maximum Gasteiger partial charge on any atom is 0.414 e. The molecule has 5 rings (SSSR count). The smallest absolute Gasteiger partial charge is 0.414 e. The van der Waals surface area contributed by atoms with Gasteiger partial charge in [-0.15, -0.1) is 0 Å². The van der Waals surface area contributed by atoms with Crippen LogP contribution in [-0.2, 0) is 36.1 Å². The Kier molecular flexibility index (Phi) is 7.82. The Labute approximate surface area is 242 Å². The molecule has 0 saturated carbocycles. The predicted molar refractivity (Wildman–Crippen MR) is 152 cm³/mol. The largest absolute Gasteiger partial charge is 0.452 e. The highest BCUT2D eigenvalue weighted by molar-refractivity contribution is 7.91. The van der Waals surface area contributed by atoms with E-state index < -0.39 is 27.4 Å². The molecule has 1 unspecified atom stereocenters. The molecule has 210 valence electrons. The maximum atomic E-state index is 14.4. The van der Waals surface area contributed by atoms with Crippen molar-refractivity contribution in [3.63, 3.8) is 0 Å². The lowest BCUT2D eigenvalue weighted by atomic mass is 9.83. The molecule has 0 fully saturated rings. The number of sulfone groups is 1. The zero-order valence-electron chi connectivity index (χ0n) is 21.8. The quantitative estimate of drug-likeness (QED) is 0.356. The van der Waals surface area contributed by atoms with Crippen molar-refractivity contribution < 1.29 is 27.5 Å². The number of hydrogen-bond donors (Lipinski definition) is 2. The number of carbonyl (C=O) groups excluding carboxylic acids is 2. The number of rotatable bonds is 8. The standard InChI is InChI=1S/C28H27Cl2N3O6S/c1-38-15-5-13-31-28(19-6-3-4-7-20(19)29)24-22(32-26(28)34)10-9-21(30)25(24)40(36,37)18-8-11-23-17(16-18)12-14-33(23)27(35)39-2/h3-4,6-11,16,31H,5,12-15H2,1-2H3,(H,32,34). The molecule has 0 saturated heterocycles. The molecule has 0 radical (unpaired) electrons. The van der Waals surface area contributed by atoms with E-state index in [4.69, 9.17) is 32.7 Å². The molecule has 12 heteroatoms. The highest BCUT2D eigenvalue weighted by Crippen LogP contribution is 2.49. The summed E-state index contributed by atoms with van der Waals surface area (Å²) in [6.45, 7) is 1.12. The molecule has 2 N–H and O–H groups in total. The van der Waals surface area contributed by atoms with Crippen LogP contribution in [0.5, 0.6) is 0 Å².